The summed E-state index contributed by atoms with van der Waals surface area (Å²) in [6.45, 7) is 7.95. The van der Waals surface area contributed by atoms with Gasteiger partial charge in [-0.25, -0.2) is 4.79 Å². The van der Waals surface area contributed by atoms with Crippen LogP contribution in [0.1, 0.15) is 24.5 Å². The highest BCUT2D eigenvalue weighted by molar-refractivity contribution is 5.66. The Balaban J connectivity index is 1.64. The predicted octanol–water partition coefficient (Wildman–Crippen LogP) is 3.42. The Labute approximate surface area is 188 Å². The van der Waals surface area contributed by atoms with Crippen molar-refractivity contribution in [1.29, 1.82) is 0 Å². The predicted molar refractivity (Wildman–Crippen MR) is 120 cm³/mol. The van der Waals surface area contributed by atoms with Gasteiger partial charge in [0.15, 0.2) is 5.82 Å². The number of carbonyl (C=O) groups is 1. The molecule has 2 heterocycles. The van der Waals surface area contributed by atoms with Crippen molar-refractivity contribution in [1.82, 2.24) is 15.3 Å². The van der Waals surface area contributed by atoms with Crippen LogP contribution in [-0.4, -0.2) is 62.1 Å². The fourth-order valence-corrected chi connectivity index (χ4v) is 3.02. The third-order valence-electron chi connectivity index (χ3n) is 4.59. The summed E-state index contributed by atoms with van der Waals surface area (Å²) in [4.78, 5) is 22.4. The van der Waals surface area contributed by atoms with E-state index in [0.717, 1.165) is 25.1 Å². The van der Waals surface area contributed by atoms with E-state index < -0.39 is 6.09 Å². The third kappa shape index (κ3) is 7.77. The summed E-state index contributed by atoms with van der Waals surface area (Å²) in [6.07, 6.45) is 0.374. The molecule has 0 bridgehead atoms. The average Bonchev–Trinajstić information content (AvgIpc) is 2.81. The molecule has 1 fully saturated rings. The number of rotatable bonds is 10. The van der Waals surface area contributed by atoms with E-state index in [-0.39, 0.29) is 19.2 Å². The van der Waals surface area contributed by atoms with Gasteiger partial charge in [0, 0.05) is 25.7 Å². The minimum Gasteiger partial charge on any atom is -0.460 e. The number of azo groups is 1. The van der Waals surface area contributed by atoms with Gasteiger partial charge in [0.1, 0.15) is 19.0 Å². The van der Waals surface area contributed by atoms with E-state index in [1.807, 2.05) is 32.0 Å². The number of hydrogen-bond donors (Lipinski definition) is 1. The van der Waals surface area contributed by atoms with Gasteiger partial charge < -0.3 is 24.4 Å². The lowest BCUT2D eigenvalue weighted by atomic mass is 10.1. The maximum atomic E-state index is 11.5. The molecule has 1 saturated heterocycles. The van der Waals surface area contributed by atoms with Crippen LogP contribution in [0.4, 0.5) is 16.4 Å². The van der Waals surface area contributed by atoms with Gasteiger partial charge >= 0.3 is 12.1 Å². The molecule has 0 saturated carbocycles. The van der Waals surface area contributed by atoms with Crippen molar-refractivity contribution in [2.24, 2.45) is 10.2 Å². The summed E-state index contributed by atoms with van der Waals surface area (Å²) in [6, 6.07) is 10.1. The number of ether oxygens (including phenoxy) is 3. The van der Waals surface area contributed by atoms with Crippen molar-refractivity contribution in [2.45, 2.75) is 26.8 Å². The van der Waals surface area contributed by atoms with E-state index in [2.05, 4.69) is 36.5 Å². The highest BCUT2D eigenvalue weighted by Crippen LogP contribution is 2.23. The first kappa shape index (κ1) is 23.4. The molecule has 0 spiro atoms. The number of carbonyl (C=O) groups excluding carboxylic acids is 1. The van der Waals surface area contributed by atoms with Gasteiger partial charge in [-0.05, 0) is 18.9 Å². The molecule has 10 nitrogen and oxygen atoms in total. The molecule has 172 valence electrons. The molecule has 1 amide bonds. The van der Waals surface area contributed by atoms with E-state index in [1.165, 1.54) is 5.56 Å². The number of aromatic nitrogens is 2. The monoisotopic (exact) mass is 442 g/mol. The van der Waals surface area contributed by atoms with Crippen molar-refractivity contribution in [3.8, 4) is 6.01 Å². The Kier molecular flexibility index (Phi) is 9.18. The van der Waals surface area contributed by atoms with Crippen LogP contribution in [0, 0.1) is 6.92 Å². The number of nitrogens with one attached hydrogen (secondary N) is 1. The van der Waals surface area contributed by atoms with Crippen molar-refractivity contribution in [3.63, 3.8) is 0 Å². The molecule has 1 N–H and O–H groups in total. The second kappa shape index (κ2) is 12.6. The second-order valence-corrected chi connectivity index (χ2v) is 7.27. The summed E-state index contributed by atoms with van der Waals surface area (Å²) < 4.78 is 16.1. The van der Waals surface area contributed by atoms with Gasteiger partial charge in [0.2, 0.25) is 0 Å². The molecule has 1 aliphatic rings. The standard InChI is InChI=1S/C22H30N6O4/c1-3-7-23-22(29)32-13-12-31-21-25-19(15-20(26-21)28-8-10-30-11-9-28)27-24-16-18-6-4-5-17(2)14-18/h4-6,14-15H,3,7-13,16H2,1-2H3,(H,23,29). The maximum absolute atomic E-state index is 11.5. The van der Waals surface area contributed by atoms with Crippen molar-refractivity contribution in [2.75, 3.05) is 51.0 Å². The van der Waals surface area contributed by atoms with Crippen LogP contribution in [0.3, 0.4) is 0 Å². The van der Waals surface area contributed by atoms with Crippen molar-refractivity contribution in [3.05, 3.63) is 41.5 Å². The topological polar surface area (TPSA) is 111 Å². The molecule has 0 unspecified atom stereocenters. The van der Waals surface area contributed by atoms with Crippen LogP contribution in [0.5, 0.6) is 6.01 Å². The van der Waals surface area contributed by atoms with Gasteiger partial charge in [0.25, 0.3) is 0 Å². The molecule has 1 aromatic carbocycles. The van der Waals surface area contributed by atoms with E-state index >= 15 is 0 Å². The summed E-state index contributed by atoms with van der Waals surface area (Å²) >= 11 is 0. The lowest BCUT2D eigenvalue weighted by molar-refractivity contribution is 0.120. The van der Waals surface area contributed by atoms with Crippen LogP contribution in [0.2, 0.25) is 0 Å². The molecule has 3 rings (SSSR count). The van der Waals surface area contributed by atoms with Crippen molar-refractivity contribution >= 4 is 17.7 Å². The zero-order valence-electron chi connectivity index (χ0n) is 18.6. The Morgan fingerprint density at radius 2 is 2.06 bits per heavy atom. The van der Waals surface area contributed by atoms with E-state index in [9.17, 15) is 4.79 Å². The zero-order chi connectivity index (χ0) is 22.6. The highest BCUT2D eigenvalue weighted by atomic mass is 16.6. The maximum Gasteiger partial charge on any atom is 0.407 e. The SMILES string of the molecule is CCCNC(=O)OCCOc1nc(N=NCc2cccc(C)c2)cc(N2CCOCC2)n1. The van der Waals surface area contributed by atoms with Gasteiger partial charge in [-0.1, -0.05) is 36.8 Å². The second-order valence-electron chi connectivity index (χ2n) is 7.27. The van der Waals surface area contributed by atoms with Gasteiger partial charge in [0.05, 0.1) is 19.8 Å². The number of alkyl carbamates (subject to hydrolysis) is 1. The van der Waals surface area contributed by atoms with Crippen LogP contribution >= 0.6 is 0 Å². The highest BCUT2D eigenvalue weighted by Gasteiger charge is 2.16. The molecule has 10 heteroatoms. The molecular weight excluding hydrogens is 412 g/mol. The molecule has 0 aliphatic carbocycles. The number of nitrogens with zero attached hydrogens (tertiary/aromatic N) is 5. The van der Waals surface area contributed by atoms with Gasteiger partial charge in [-0.3, -0.25) is 0 Å². The fourth-order valence-electron chi connectivity index (χ4n) is 3.02. The molecule has 1 aromatic heterocycles. The fraction of sp³-hybridized carbons (Fsp3) is 0.500. The first-order valence-corrected chi connectivity index (χ1v) is 10.8. The first-order chi connectivity index (χ1) is 15.6. The minimum absolute atomic E-state index is 0.0882. The molecule has 0 atom stereocenters. The van der Waals surface area contributed by atoms with Crippen LogP contribution in [0.25, 0.3) is 0 Å². The molecule has 2 aromatic rings. The molecule has 0 radical (unpaired) electrons. The largest absolute Gasteiger partial charge is 0.460 e. The number of morpholine rings is 1. The van der Waals surface area contributed by atoms with E-state index in [0.29, 0.717) is 37.9 Å². The van der Waals surface area contributed by atoms with E-state index in [4.69, 9.17) is 14.2 Å². The summed E-state index contributed by atoms with van der Waals surface area (Å²) in [5.74, 6) is 1.11. The molecular formula is C22H30N6O4. The smallest absolute Gasteiger partial charge is 0.407 e. The lowest BCUT2D eigenvalue weighted by Gasteiger charge is -2.27. The van der Waals surface area contributed by atoms with Crippen LogP contribution in [-0.2, 0) is 16.0 Å². The number of benzene rings is 1. The van der Waals surface area contributed by atoms with Crippen LogP contribution < -0.4 is 15.0 Å². The number of anilines is 1. The number of aryl methyl sites for hydroxylation is 1. The molecule has 32 heavy (non-hydrogen) atoms. The Morgan fingerprint density at radius 1 is 1.22 bits per heavy atom. The summed E-state index contributed by atoms with van der Waals surface area (Å²) in [5.41, 5.74) is 2.25. The quantitative estimate of drug-likeness (QED) is 0.443. The normalized spacial score (nSPS) is 13.9. The van der Waals surface area contributed by atoms with Gasteiger partial charge in [-0.15, -0.1) is 5.11 Å². The first-order valence-electron chi connectivity index (χ1n) is 10.8. The summed E-state index contributed by atoms with van der Waals surface area (Å²) in [7, 11) is 0. The van der Waals surface area contributed by atoms with Crippen LogP contribution in [0.15, 0.2) is 40.6 Å². The zero-order valence-corrected chi connectivity index (χ0v) is 18.6. The van der Waals surface area contributed by atoms with Crippen molar-refractivity contribution < 1.29 is 19.0 Å². The third-order valence-corrected chi connectivity index (χ3v) is 4.59. The Morgan fingerprint density at radius 3 is 2.84 bits per heavy atom. The Bertz CT molecular complexity index is 902. The molecule has 1 aliphatic heterocycles. The van der Waals surface area contributed by atoms with E-state index in [1.54, 1.807) is 6.07 Å². The Hall–Kier alpha value is -3.27. The van der Waals surface area contributed by atoms with Gasteiger partial charge in [-0.2, -0.15) is 15.1 Å². The number of hydrogen-bond acceptors (Lipinski definition) is 9. The minimum atomic E-state index is -0.468. The average molecular weight is 443 g/mol. The summed E-state index contributed by atoms with van der Waals surface area (Å²) in [5, 5.41) is 11.2. The lowest BCUT2D eigenvalue weighted by Crippen LogP contribution is -2.36. The number of amides is 1.